The highest BCUT2D eigenvalue weighted by atomic mass is 16.3. The fraction of sp³-hybridized carbons (Fsp3) is 0.600. The Kier molecular flexibility index (Phi) is 4.86. The van der Waals surface area contributed by atoms with E-state index in [1.54, 1.807) is 17.0 Å². The summed E-state index contributed by atoms with van der Waals surface area (Å²) in [7, 11) is 0. The van der Waals surface area contributed by atoms with Crippen LogP contribution >= 0.6 is 0 Å². The molecule has 1 atom stereocenters. The molecule has 1 N–H and O–H groups in total. The predicted octanol–water partition coefficient (Wildman–Crippen LogP) is 3.71. The zero-order valence-electron chi connectivity index (χ0n) is 18.0. The van der Waals surface area contributed by atoms with Crippen LogP contribution in [0.3, 0.4) is 0 Å². The van der Waals surface area contributed by atoms with E-state index in [0.29, 0.717) is 17.7 Å². The first kappa shape index (κ1) is 20.0. The van der Waals surface area contributed by atoms with Gasteiger partial charge in [0, 0.05) is 36.7 Å². The van der Waals surface area contributed by atoms with Gasteiger partial charge in [-0.2, -0.15) is 0 Å². The van der Waals surface area contributed by atoms with Crippen molar-refractivity contribution in [2.24, 2.45) is 10.8 Å². The Morgan fingerprint density at radius 1 is 1.03 bits per heavy atom. The Hall–Kier alpha value is -1.98. The molecular weight excluding hydrogens is 374 g/mol. The van der Waals surface area contributed by atoms with Crippen molar-refractivity contribution in [1.29, 1.82) is 0 Å². The van der Waals surface area contributed by atoms with Crippen LogP contribution in [0.5, 0.6) is 0 Å². The average molecular weight is 408 g/mol. The third-order valence-electron chi connectivity index (χ3n) is 8.01. The van der Waals surface area contributed by atoms with Crippen LogP contribution in [0.15, 0.2) is 47.5 Å². The second-order valence-corrected chi connectivity index (χ2v) is 10.4. The Morgan fingerprint density at radius 2 is 1.77 bits per heavy atom. The minimum absolute atomic E-state index is 0.0849. The molecule has 5 heteroatoms. The number of aliphatic hydroxyl groups is 1. The lowest BCUT2D eigenvalue weighted by Gasteiger charge is -2.53. The third-order valence-corrected chi connectivity index (χ3v) is 8.01. The van der Waals surface area contributed by atoms with E-state index in [1.807, 2.05) is 30.3 Å². The zero-order valence-corrected chi connectivity index (χ0v) is 18.0. The van der Waals surface area contributed by atoms with Crippen LogP contribution in [-0.2, 0) is 6.54 Å². The van der Waals surface area contributed by atoms with Crippen molar-refractivity contribution in [2.45, 2.75) is 64.0 Å². The van der Waals surface area contributed by atoms with Crippen LogP contribution in [-0.4, -0.2) is 44.8 Å². The molecule has 3 fully saturated rings. The number of benzene rings is 1. The van der Waals surface area contributed by atoms with Gasteiger partial charge in [0.25, 0.3) is 5.56 Å². The maximum Gasteiger partial charge on any atom is 0.253 e. The van der Waals surface area contributed by atoms with Gasteiger partial charge in [0.1, 0.15) is 0 Å². The molecule has 0 bridgehead atoms. The van der Waals surface area contributed by atoms with Crippen LogP contribution in [0.4, 0.5) is 0 Å². The fourth-order valence-corrected chi connectivity index (χ4v) is 5.82. The fourth-order valence-electron chi connectivity index (χ4n) is 5.82. The predicted molar refractivity (Wildman–Crippen MR) is 118 cm³/mol. The molecular formula is C25H33N3O2. The van der Waals surface area contributed by atoms with Gasteiger partial charge < -0.3 is 10.0 Å². The maximum atomic E-state index is 12.9. The van der Waals surface area contributed by atoms with Gasteiger partial charge in [0.05, 0.1) is 24.2 Å². The van der Waals surface area contributed by atoms with Gasteiger partial charge >= 0.3 is 0 Å². The van der Waals surface area contributed by atoms with E-state index in [9.17, 15) is 9.90 Å². The van der Waals surface area contributed by atoms with E-state index in [-0.39, 0.29) is 11.0 Å². The first-order valence-electron chi connectivity index (χ1n) is 11.5. The van der Waals surface area contributed by atoms with E-state index in [4.69, 9.17) is 0 Å². The largest absolute Gasteiger partial charge is 0.387 e. The lowest BCUT2D eigenvalue weighted by Crippen LogP contribution is -2.61. The van der Waals surface area contributed by atoms with Crippen molar-refractivity contribution in [3.8, 4) is 11.3 Å². The number of hydrogen-bond acceptors (Lipinski definition) is 4. The second kappa shape index (κ2) is 7.31. The van der Waals surface area contributed by atoms with Gasteiger partial charge in [-0.3, -0.25) is 9.36 Å². The summed E-state index contributed by atoms with van der Waals surface area (Å²) in [6, 6.07) is 11.4. The summed E-state index contributed by atoms with van der Waals surface area (Å²) in [5, 5.41) is 11.9. The lowest BCUT2D eigenvalue weighted by atomic mass is 9.65. The molecule has 2 aliphatic carbocycles. The summed E-state index contributed by atoms with van der Waals surface area (Å²) in [4.78, 5) is 20.0. The zero-order chi connectivity index (χ0) is 20.8. The molecule has 160 valence electrons. The molecule has 5 nitrogen and oxygen atoms in total. The molecule has 30 heavy (non-hydrogen) atoms. The summed E-state index contributed by atoms with van der Waals surface area (Å²) in [6.07, 6.45) is 9.48. The molecule has 3 aliphatic rings. The molecule has 2 heterocycles. The molecule has 0 amide bonds. The van der Waals surface area contributed by atoms with E-state index >= 15 is 0 Å². The topological polar surface area (TPSA) is 58.4 Å². The van der Waals surface area contributed by atoms with E-state index in [2.05, 4.69) is 16.8 Å². The van der Waals surface area contributed by atoms with Crippen LogP contribution in [0.1, 0.15) is 51.9 Å². The number of hydrogen-bond donors (Lipinski definition) is 1. The smallest absolute Gasteiger partial charge is 0.253 e. The minimum atomic E-state index is -0.843. The van der Waals surface area contributed by atoms with Crippen molar-refractivity contribution in [1.82, 2.24) is 14.5 Å². The summed E-state index contributed by atoms with van der Waals surface area (Å²) in [5.74, 6) is 0. The molecule has 1 aromatic heterocycles. The maximum absolute atomic E-state index is 12.9. The molecule has 2 aromatic rings. The van der Waals surface area contributed by atoms with Gasteiger partial charge in [-0.05, 0) is 37.5 Å². The van der Waals surface area contributed by atoms with Crippen molar-refractivity contribution in [3.05, 3.63) is 53.1 Å². The van der Waals surface area contributed by atoms with E-state index in [0.717, 1.165) is 44.5 Å². The third kappa shape index (κ3) is 3.63. The SMILES string of the molecule is CC1(CN2CCC(O)(Cn3cnc(-c4ccccc4)cc3=O)C3(CCCC3)C2)CC1. The molecule has 2 saturated carbocycles. The summed E-state index contributed by atoms with van der Waals surface area (Å²) in [5.41, 5.74) is 1.08. The van der Waals surface area contributed by atoms with Crippen LogP contribution in [0.2, 0.25) is 0 Å². The molecule has 1 spiro atoms. The van der Waals surface area contributed by atoms with Crippen molar-refractivity contribution < 1.29 is 5.11 Å². The first-order chi connectivity index (χ1) is 14.4. The molecule has 1 aromatic carbocycles. The number of rotatable bonds is 5. The Morgan fingerprint density at radius 3 is 2.43 bits per heavy atom. The molecule has 5 rings (SSSR count). The van der Waals surface area contributed by atoms with Crippen molar-refractivity contribution >= 4 is 0 Å². The van der Waals surface area contributed by atoms with Crippen molar-refractivity contribution in [3.63, 3.8) is 0 Å². The van der Waals surface area contributed by atoms with Crippen molar-refractivity contribution in [2.75, 3.05) is 19.6 Å². The van der Waals surface area contributed by atoms with Gasteiger partial charge in [-0.15, -0.1) is 0 Å². The number of nitrogens with zero attached hydrogens (tertiary/aromatic N) is 3. The molecule has 1 saturated heterocycles. The highest BCUT2D eigenvalue weighted by Crippen LogP contribution is 2.53. The van der Waals surface area contributed by atoms with Gasteiger partial charge in [-0.1, -0.05) is 50.1 Å². The summed E-state index contributed by atoms with van der Waals surface area (Å²) < 4.78 is 1.63. The van der Waals surface area contributed by atoms with Crippen LogP contribution in [0.25, 0.3) is 11.3 Å². The number of piperidine rings is 1. The first-order valence-corrected chi connectivity index (χ1v) is 11.5. The quantitative estimate of drug-likeness (QED) is 0.821. The van der Waals surface area contributed by atoms with Gasteiger partial charge in [-0.25, -0.2) is 4.98 Å². The Labute approximate surface area is 178 Å². The van der Waals surface area contributed by atoms with Gasteiger partial charge in [0.2, 0.25) is 0 Å². The van der Waals surface area contributed by atoms with E-state index in [1.165, 1.54) is 25.7 Å². The monoisotopic (exact) mass is 407 g/mol. The van der Waals surface area contributed by atoms with Crippen LogP contribution < -0.4 is 5.56 Å². The van der Waals surface area contributed by atoms with E-state index < -0.39 is 5.60 Å². The Balaban J connectivity index is 1.38. The molecule has 1 unspecified atom stereocenters. The second-order valence-electron chi connectivity index (χ2n) is 10.4. The highest BCUT2D eigenvalue weighted by molar-refractivity contribution is 5.57. The molecule has 0 radical (unpaired) electrons. The summed E-state index contributed by atoms with van der Waals surface area (Å²) >= 11 is 0. The normalized spacial score (nSPS) is 27.4. The number of likely N-dealkylation sites (tertiary alicyclic amines) is 1. The lowest BCUT2D eigenvalue weighted by molar-refractivity contribution is -0.144. The summed E-state index contributed by atoms with van der Waals surface area (Å²) in [6.45, 7) is 5.76. The van der Waals surface area contributed by atoms with Gasteiger partial charge in [0.15, 0.2) is 0 Å². The minimum Gasteiger partial charge on any atom is -0.387 e. The highest BCUT2D eigenvalue weighted by Gasteiger charge is 2.55. The Bertz CT molecular complexity index is 960. The molecule has 1 aliphatic heterocycles. The standard InChI is InChI=1S/C25H33N3O2/c1-23(11-12-23)16-27-14-13-25(30,24(17-27)9-5-6-10-24)18-28-19-26-21(15-22(28)29)20-7-3-2-4-8-20/h2-4,7-8,15,19,30H,5-6,9-14,16-18H2,1H3. The number of aromatic nitrogens is 2. The van der Waals surface area contributed by atoms with Crippen LogP contribution in [0, 0.1) is 10.8 Å². The average Bonchev–Trinajstić information content (AvgIpc) is 3.27.